The Morgan fingerprint density at radius 3 is 1.85 bits per heavy atom. The Labute approximate surface area is 194 Å². The topological polar surface area (TPSA) is 4.93 Å². The van der Waals surface area contributed by atoms with Gasteiger partial charge in [-0.25, -0.2) is 0 Å². The zero-order valence-corrected chi connectivity index (χ0v) is 19.3. The van der Waals surface area contributed by atoms with Gasteiger partial charge >= 0.3 is 0 Å². The van der Waals surface area contributed by atoms with Crippen LogP contribution in [0.3, 0.4) is 0 Å². The molecule has 1 aromatic heterocycles. The van der Waals surface area contributed by atoms with Crippen molar-refractivity contribution in [1.29, 1.82) is 0 Å². The first-order valence-electron chi connectivity index (χ1n) is 11.6. The van der Waals surface area contributed by atoms with Crippen molar-refractivity contribution in [1.82, 2.24) is 4.57 Å². The Morgan fingerprint density at radius 2 is 1.15 bits per heavy atom. The minimum Gasteiger partial charge on any atom is -0.309 e. The van der Waals surface area contributed by atoms with Gasteiger partial charge in [-0.2, -0.15) is 0 Å². The summed E-state index contributed by atoms with van der Waals surface area (Å²) in [5.74, 6) is 0. The Bertz CT molecular complexity index is 1610. The fourth-order valence-electron chi connectivity index (χ4n) is 5.06. The number of hydrogen-bond donors (Lipinski definition) is 0. The maximum Gasteiger partial charge on any atom is 0.0619 e. The van der Waals surface area contributed by atoms with E-state index < -0.39 is 0 Å². The van der Waals surface area contributed by atoms with E-state index in [-0.39, 0.29) is 5.41 Å². The lowest BCUT2D eigenvalue weighted by Gasteiger charge is -2.20. The maximum atomic E-state index is 2.44. The minimum absolute atomic E-state index is 0.136. The minimum atomic E-state index is 0.136. The summed E-state index contributed by atoms with van der Waals surface area (Å²) in [5, 5.41) is 5.15. The SMILES string of the molecule is CC(C)(C)c1ccc(-n2c3ccccc3c3cc(-c4ccccc4)c4ccccc4c32)cc1. The molecule has 0 unspecified atom stereocenters. The second-order valence-electron chi connectivity index (χ2n) is 9.88. The normalized spacial score (nSPS) is 12.1. The molecule has 6 rings (SSSR count). The van der Waals surface area contributed by atoms with E-state index in [0.29, 0.717) is 0 Å². The summed E-state index contributed by atoms with van der Waals surface area (Å²) in [4.78, 5) is 0. The van der Waals surface area contributed by atoms with Crippen molar-refractivity contribution < 1.29 is 0 Å². The van der Waals surface area contributed by atoms with E-state index in [1.807, 2.05) is 0 Å². The molecule has 1 heterocycles. The highest BCUT2D eigenvalue weighted by atomic mass is 15.0. The summed E-state index contributed by atoms with van der Waals surface area (Å²) in [6, 6.07) is 39.8. The van der Waals surface area contributed by atoms with Crippen LogP contribution in [-0.4, -0.2) is 4.57 Å². The molecule has 6 aromatic rings. The highest BCUT2D eigenvalue weighted by molar-refractivity contribution is 6.22. The summed E-state index contributed by atoms with van der Waals surface area (Å²) < 4.78 is 2.44. The first-order chi connectivity index (χ1) is 16.0. The average molecular weight is 426 g/mol. The fraction of sp³-hybridized carbons (Fsp3) is 0.125. The van der Waals surface area contributed by atoms with Crippen LogP contribution in [0.15, 0.2) is 109 Å². The fourth-order valence-corrected chi connectivity index (χ4v) is 5.06. The molecule has 0 radical (unpaired) electrons. The molecule has 5 aromatic carbocycles. The van der Waals surface area contributed by atoms with Gasteiger partial charge in [-0.1, -0.05) is 106 Å². The van der Waals surface area contributed by atoms with Gasteiger partial charge in [0.2, 0.25) is 0 Å². The van der Waals surface area contributed by atoms with Crippen LogP contribution in [-0.2, 0) is 5.41 Å². The van der Waals surface area contributed by atoms with E-state index >= 15 is 0 Å². The van der Waals surface area contributed by atoms with Gasteiger partial charge in [0.15, 0.2) is 0 Å². The highest BCUT2D eigenvalue weighted by Gasteiger charge is 2.18. The molecule has 0 bridgehead atoms. The number of hydrogen-bond acceptors (Lipinski definition) is 0. The third-order valence-electron chi connectivity index (χ3n) is 6.75. The Morgan fingerprint density at radius 1 is 0.545 bits per heavy atom. The van der Waals surface area contributed by atoms with Crippen molar-refractivity contribution in [2.75, 3.05) is 0 Å². The standard InChI is InChI=1S/C32H27N/c1-32(2,3)23-17-19-24(20-18-23)33-30-16-10-9-14-26(30)29-21-28(22-11-5-4-6-12-22)25-13-7-8-15-27(25)31(29)33/h4-21H,1-3H3. The molecule has 0 aliphatic carbocycles. The van der Waals surface area contributed by atoms with Crippen LogP contribution in [0.1, 0.15) is 26.3 Å². The van der Waals surface area contributed by atoms with Crippen LogP contribution in [0.4, 0.5) is 0 Å². The second-order valence-corrected chi connectivity index (χ2v) is 9.88. The van der Waals surface area contributed by atoms with Gasteiger partial charge in [0.05, 0.1) is 11.0 Å². The van der Waals surface area contributed by atoms with E-state index in [4.69, 9.17) is 0 Å². The van der Waals surface area contributed by atoms with Crippen LogP contribution in [0.5, 0.6) is 0 Å². The van der Waals surface area contributed by atoms with Crippen molar-refractivity contribution >= 4 is 32.6 Å². The van der Waals surface area contributed by atoms with E-state index in [2.05, 4.69) is 135 Å². The molecule has 160 valence electrons. The number of rotatable bonds is 2. The summed E-state index contributed by atoms with van der Waals surface area (Å²) in [7, 11) is 0. The number of para-hydroxylation sites is 1. The zero-order chi connectivity index (χ0) is 22.6. The predicted molar refractivity (Wildman–Crippen MR) is 142 cm³/mol. The van der Waals surface area contributed by atoms with E-state index in [1.165, 1.54) is 55.0 Å². The van der Waals surface area contributed by atoms with Crippen molar-refractivity contribution in [2.24, 2.45) is 0 Å². The average Bonchev–Trinajstić information content (AvgIpc) is 3.18. The lowest BCUT2D eigenvalue weighted by molar-refractivity contribution is 0.590. The first kappa shape index (κ1) is 19.8. The third-order valence-corrected chi connectivity index (χ3v) is 6.75. The first-order valence-corrected chi connectivity index (χ1v) is 11.6. The largest absolute Gasteiger partial charge is 0.309 e. The molecular weight excluding hydrogens is 398 g/mol. The lowest BCUT2D eigenvalue weighted by atomic mass is 9.87. The molecule has 0 atom stereocenters. The zero-order valence-electron chi connectivity index (χ0n) is 19.3. The van der Waals surface area contributed by atoms with E-state index in [0.717, 1.165) is 0 Å². The summed E-state index contributed by atoms with van der Waals surface area (Å²) in [5.41, 5.74) is 7.74. The second kappa shape index (κ2) is 7.35. The molecule has 0 N–H and O–H groups in total. The van der Waals surface area contributed by atoms with Crippen molar-refractivity contribution in [3.05, 3.63) is 115 Å². The lowest BCUT2D eigenvalue weighted by Crippen LogP contribution is -2.10. The highest BCUT2D eigenvalue weighted by Crippen LogP contribution is 2.41. The molecule has 0 saturated carbocycles. The van der Waals surface area contributed by atoms with E-state index in [1.54, 1.807) is 0 Å². The molecule has 0 saturated heterocycles. The molecule has 1 heteroatoms. The van der Waals surface area contributed by atoms with Gasteiger partial charge in [-0.15, -0.1) is 0 Å². The number of fused-ring (bicyclic) bond motifs is 5. The van der Waals surface area contributed by atoms with Crippen LogP contribution >= 0.6 is 0 Å². The third kappa shape index (κ3) is 3.15. The smallest absolute Gasteiger partial charge is 0.0619 e. The molecule has 0 amide bonds. The quantitative estimate of drug-likeness (QED) is 0.261. The van der Waals surface area contributed by atoms with Gasteiger partial charge in [-0.05, 0) is 51.8 Å². The molecule has 0 spiro atoms. The molecule has 33 heavy (non-hydrogen) atoms. The van der Waals surface area contributed by atoms with E-state index in [9.17, 15) is 0 Å². The summed E-state index contributed by atoms with van der Waals surface area (Å²) in [6.45, 7) is 6.79. The molecule has 0 fully saturated rings. The molecule has 0 aliphatic heterocycles. The molecular formula is C32H27N. The monoisotopic (exact) mass is 425 g/mol. The maximum absolute atomic E-state index is 2.44. The number of aromatic nitrogens is 1. The summed E-state index contributed by atoms with van der Waals surface area (Å²) in [6.07, 6.45) is 0. The Hall–Kier alpha value is -3.84. The Kier molecular flexibility index (Phi) is 4.41. The van der Waals surface area contributed by atoms with Crippen LogP contribution in [0.25, 0.3) is 49.4 Å². The number of nitrogens with zero attached hydrogens (tertiary/aromatic N) is 1. The van der Waals surface area contributed by atoms with Gasteiger partial charge in [0, 0.05) is 21.8 Å². The van der Waals surface area contributed by atoms with Crippen molar-refractivity contribution in [2.45, 2.75) is 26.2 Å². The van der Waals surface area contributed by atoms with Gasteiger partial charge in [0.1, 0.15) is 0 Å². The van der Waals surface area contributed by atoms with Crippen LogP contribution in [0, 0.1) is 0 Å². The Balaban J connectivity index is 1.75. The van der Waals surface area contributed by atoms with Gasteiger partial charge < -0.3 is 4.57 Å². The predicted octanol–water partition coefficient (Wildman–Crippen LogP) is 8.90. The van der Waals surface area contributed by atoms with Crippen LogP contribution in [0.2, 0.25) is 0 Å². The number of benzene rings is 5. The van der Waals surface area contributed by atoms with Crippen LogP contribution < -0.4 is 0 Å². The van der Waals surface area contributed by atoms with Gasteiger partial charge in [-0.3, -0.25) is 0 Å². The summed E-state index contributed by atoms with van der Waals surface area (Å²) >= 11 is 0. The van der Waals surface area contributed by atoms with Crippen molar-refractivity contribution in [3.8, 4) is 16.8 Å². The molecule has 0 aliphatic rings. The van der Waals surface area contributed by atoms with Gasteiger partial charge in [0.25, 0.3) is 0 Å². The molecule has 1 nitrogen and oxygen atoms in total. The van der Waals surface area contributed by atoms with Crippen molar-refractivity contribution in [3.63, 3.8) is 0 Å².